The van der Waals surface area contributed by atoms with E-state index >= 15 is 0 Å². The van der Waals surface area contributed by atoms with Crippen molar-refractivity contribution in [1.29, 1.82) is 0 Å². The number of fused-ring (bicyclic) bond motifs is 1. The Morgan fingerprint density at radius 2 is 2.25 bits per heavy atom. The molecule has 84 valence electrons. The van der Waals surface area contributed by atoms with Crippen molar-refractivity contribution in [2.75, 3.05) is 13.2 Å². The van der Waals surface area contributed by atoms with Crippen LogP contribution in [-0.4, -0.2) is 19.2 Å². The van der Waals surface area contributed by atoms with E-state index in [1.54, 1.807) is 0 Å². The molecule has 0 bridgehead atoms. The quantitative estimate of drug-likeness (QED) is 0.701. The highest BCUT2D eigenvalue weighted by atomic mass is 16.5. The van der Waals surface area contributed by atoms with Gasteiger partial charge in [-0.15, -0.1) is 0 Å². The van der Waals surface area contributed by atoms with Crippen molar-refractivity contribution in [1.82, 2.24) is 5.32 Å². The van der Waals surface area contributed by atoms with E-state index in [4.69, 9.17) is 4.74 Å². The molecule has 0 saturated carbocycles. The molecule has 1 unspecified atom stereocenters. The molecule has 0 spiro atoms. The summed E-state index contributed by atoms with van der Waals surface area (Å²) in [4.78, 5) is 3.22. The standard InChI is InChI=1S/C13H16N2O/c1-2-6-11-10(4-1)5-3-7-12(11)15-13-14-8-9-16-13/h1-2,4,6,12H,3,5,7-9H2,(H,14,15)/p+1. The molecule has 1 aromatic rings. The highest BCUT2D eigenvalue weighted by Crippen LogP contribution is 2.29. The largest absolute Gasteiger partial charge is 0.442 e. The Bertz CT molecular complexity index is 414. The summed E-state index contributed by atoms with van der Waals surface area (Å²) in [5.74, 6) is 0. The molecule has 2 aliphatic rings. The number of rotatable bonds is 1. The first-order valence-corrected chi connectivity index (χ1v) is 6.01. The van der Waals surface area contributed by atoms with Gasteiger partial charge in [0.25, 0.3) is 0 Å². The fraction of sp³-hybridized carbons (Fsp3) is 0.462. The first kappa shape index (κ1) is 9.70. The van der Waals surface area contributed by atoms with Crippen LogP contribution in [0.4, 0.5) is 0 Å². The van der Waals surface area contributed by atoms with Crippen molar-refractivity contribution in [2.45, 2.75) is 25.3 Å². The average molecular weight is 217 g/mol. The molecule has 1 heterocycles. The summed E-state index contributed by atoms with van der Waals surface area (Å²) < 4.78 is 5.47. The van der Waals surface area contributed by atoms with Crippen LogP contribution in [0.3, 0.4) is 0 Å². The predicted octanol–water partition coefficient (Wildman–Crippen LogP) is 0.120. The van der Waals surface area contributed by atoms with Crippen LogP contribution in [0.2, 0.25) is 0 Å². The molecule has 3 heteroatoms. The van der Waals surface area contributed by atoms with Crippen LogP contribution in [0.15, 0.2) is 24.3 Å². The van der Waals surface area contributed by atoms with Gasteiger partial charge in [0.2, 0.25) is 0 Å². The van der Waals surface area contributed by atoms with E-state index in [0.29, 0.717) is 6.04 Å². The Balaban J connectivity index is 1.81. The van der Waals surface area contributed by atoms with Gasteiger partial charge in [0, 0.05) is 0 Å². The summed E-state index contributed by atoms with van der Waals surface area (Å²) in [5.41, 5.74) is 2.91. The molecule has 3 rings (SSSR count). The fourth-order valence-corrected chi connectivity index (χ4v) is 2.52. The summed E-state index contributed by atoms with van der Waals surface area (Å²) in [7, 11) is 0. The Morgan fingerprint density at radius 1 is 1.31 bits per heavy atom. The Hall–Kier alpha value is -1.51. The van der Waals surface area contributed by atoms with E-state index in [1.807, 2.05) is 0 Å². The van der Waals surface area contributed by atoms with Gasteiger partial charge in [-0.2, -0.15) is 0 Å². The SMILES string of the molecule is c1ccc2c(c1)CCCC2NC1=[NH+]CCO1. The molecule has 2 N–H and O–H groups in total. The molecular weight excluding hydrogens is 200 g/mol. The minimum atomic E-state index is 0.408. The van der Waals surface area contributed by atoms with Crippen molar-refractivity contribution in [3.63, 3.8) is 0 Å². The van der Waals surface area contributed by atoms with E-state index in [0.717, 1.165) is 19.2 Å². The van der Waals surface area contributed by atoms with Crippen LogP contribution >= 0.6 is 0 Å². The normalized spacial score (nSPS) is 23.2. The second-order valence-corrected chi connectivity index (χ2v) is 4.39. The summed E-state index contributed by atoms with van der Waals surface area (Å²) in [6.45, 7) is 1.69. The zero-order valence-corrected chi connectivity index (χ0v) is 9.33. The molecule has 0 radical (unpaired) electrons. The minimum absolute atomic E-state index is 0.408. The number of nitrogens with one attached hydrogen (secondary N) is 2. The summed E-state index contributed by atoms with van der Waals surface area (Å²) in [6.07, 6.45) is 3.64. The minimum Gasteiger partial charge on any atom is -0.428 e. The second kappa shape index (κ2) is 4.16. The van der Waals surface area contributed by atoms with E-state index in [2.05, 4.69) is 34.6 Å². The van der Waals surface area contributed by atoms with Crippen LogP contribution in [0.5, 0.6) is 0 Å². The molecule has 1 atom stereocenters. The zero-order chi connectivity index (χ0) is 10.8. The van der Waals surface area contributed by atoms with Crippen molar-refractivity contribution >= 4 is 6.02 Å². The van der Waals surface area contributed by atoms with Gasteiger partial charge in [0.1, 0.15) is 19.2 Å². The maximum atomic E-state index is 5.47. The van der Waals surface area contributed by atoms with Gasteiger partial charge in [-0.3, -0.25) is 0 Å². The van der Waals surface area contributed by atoms with Gasteiger partial charge >= 0.3 is 6.02 Å². The molecule has 0 fully saturated rings. The third kappa shape index (κ3) is 1.77. The number of hydrogen-bond acceptors (Lipinski definition) is 2. The molecule has 0 aromatic heterocycles. The topological polar surface area (TPSA) is 35.2 Å². The summed E-state index contributed by atoms with van der Waals surface area (Å²) >= 11 is 0. The van der Waals surface area contributed by atoms with Gasteiger partial charge < -0.3 is 4.74 Å². The molecule has 16 heavy (non-hydrogen) atoms. The van der Waals surface area contributed by atoms with Gasteiger partial charge in [0.05, 0.1) is 0 Å². The molecule has 1 aliphatic carbocycles. The number of amidine groups is 1. The zero-order valence-electron chi connectivity index (χ0n) is 9.33. The van der Waals surface area contributed by atoms with Crippen LogP contribution in [0.25, 0.3) is 0 Å². The van der Waals surface area contributed by atoms with Crippen molar-refractivity contribution < 1.29 is 9.73 Å². The van der Waals surface area contributed by atoms with Crippen LogP contribution < -0.4 is 10.3 Å². The van der Waals surface area contributed by atoms with Crippen molar-refractivity contribution in [3.05, 3.63) is 35.4 Å². The third-order valence-electron chi connectivity index (χ3n) is 3.31. The molecule has 0 amide bonds. The number of benzene rings is 1. The first-order valence-electron chi connectivity index (χ1n) is 6.01. The van der Waals surface area contributed by atoms with Gasteiger partial charge in [-0.05, 0) is 30.4 Å². The molecule has 1 aromatic carbocycles. The predicted molar refractivity (Wildman–Crippen MR) is 62.0 cm³/mol. The van der Waals surface area contributed by atoms with Crippen molar-refractivity contribution in [2.24, 2.45) is 0 Å². The lowest BCUT2D eigenvalue weighted by molar-refractivity contribution is -0.447. The highest BCUT2D eigenvalue weighted by molar-refractivity contribution is 5.68. The van der Waals surface area contributed by atoms with Gasteiger partial charge in [0.15, 0.2) is 0 Å². The third-order valence-corrected chi connectivity index (χ3v) is 3.31. The maximum Gasteiger partial charge on any atom is 0.442 e. The number of aryl methyl sites for hydroxylation is 1. The second-order valence-electron chi connectivity index (χ2n) is 4.39. The maximum absolute atomic E-state index is 5.47. The summed E-state index contributed by atoms with van der Waals surface area (Å²) in [6, 6.07) is 9.95. The molecule has 0 saturated heterocycles. The number of ether oxygens (including phenoxy) is 1. The van der Waals surface area contributed by atoms with Crippen LogP contribution in [0, 0.1) is 0 Å². The van der Waals surface area contributed by atoms with E-state index in [1.165, 1.54) is 30.4 Å². The van der Waals surface area contributed by atoms with E-state index in [-0.39, 0.29) is 0 Å². The lowest BCUT2D eigenvalue weighted by Crippen LogP contribution is -2.73. The average Bonchev–Trinajstić information content (AvgIpc) is 2.82. The van der Waals surface area contributed by atoms with Crippen molar-refractivity contribution in [3.8, 4) is 0 Å². The lowest BCUT2D eigenvalue weighted by Gasteiger charge is -2.22. The monoisotopic (exact) mass is 217 g/mol. The van der Waals surface area contributed by atoms with Crippen LogP contribution in [0.1, 0.15) is 30.0 Å². The molecule has 1 aliphatic heterocycles. The first-order chi connectivity index (χ1) is 7.93. The number of hydrogen-bond donors (Lipinski definition) is 2. The fourth-order valence-electron chi connectivity index (χ4n) is 2.52. The van der Waals surface area contributed by atoms with E-state index in [9.17, 15) is 0 Å². The van der Waals surface area contributed by atoms with Gasteiger partial charge in [-0.1, -0.05) is 24.3 Å². The summed E-state index contributed by atoms with van der Waals surface area (Å²) in [5, 5.41) is 3.46. The van der Waals surface area contributed by atoms with Crippen LogP contribution in [-0.2, 0) is 11.2 Å². The Morgan fingerprint density at radius 3 is 3.12 bits per heavy atom. The lowest BCUT2D eigenvalue weighted by atomic mass is 9.88. The highest BCUT2D eigenvalue weighted by Gasteiger charge is 2.26. The molecule has 3 nitrogen and oxygen atoms in total. The van der Waals surface area contributed by atoms with Gasteiger partial charge in [-0.25, -0.2) is 10.3 Å². The van der Waals surface area contributed by atoms with E-state index < -0.39 is 0 Å². The Kier molecular flexibility index (Phi) is 2.52. The smallest absolute Gasteiger partial charge is 0.428 e. The Labute approximate surface area is 95.5 Å². The molecular formula is C13H17N2O+.